The molecule has 8 heteroatoms. The summed E-state index contributed by atoms with van der Waals surface area (Å²) in [7, 11) is 1.52. The van der Waals surface area contributed by atoms with Crippen LogP contribution in [-0.2, 0) is 16.1 Å². The molecule has 2 rings (SSSR count). The number of hydrogen-bond donors (Lipinski definition) is 1. The van der Waals surface area contributed by atoms with Gasteiger partial charge in [0.05, 0.1) is 4.47 Å². The number of hydrogen-bond acceptors (Lipinski definition) is 3. The van der Waals surface area contributed by atoms with Crippen LogP contribution in [0.2, 0.25) is 10.0 Å². The number of halogens is 3. The van der Waals surface area contributed by atoms with E-state index in [9.17, 15) is 9.59 Å². The lowest BCUT2D eigenvalue weighted by molar-refractivity contribution is -0.142. The van der Waals surface area contributed by atoms with Gasteiger partial charge in [-0.15, -0.1) is 0 Å². The Hall–Kier alpha value is -1.76. The smallest absolute Gasteiger partial charge is 0.261 e. The molecule has 0 saturated heterocycles. The third-order valence-corrected chi connectivity index (χ3v) is 6.11. The van der Waals surface area contributed by atoms with Crippen LogP contribution in [0, 0.1) is 0 Å². The summed E-state index contributed by atoms with van der Waals surface area (Å²) in [5.41, 5.74) is 1.73. The quantitative estimate of drug-likeness (QED) is 0.510. The lowest BCUT2D eigenvalue weighted by Crippen LogP contribution is -2.48. The molecule has 2 amide bonds. The van der Waals surface area contributed by atoms with Crippen LogP contribution in [-0.4, -0.2) is 36.4 Å². The van der Waals surface area contributed by atoms with Crippen LogP contribution in [0.25, 0.3) is 0 Å². The van der Waals surface area contributed by atoms with Gasteiger partial charge < -0.3 is 15.0 Å². The molecule has 2 aromatic carbocycles. The first-order valence-electron chi connectivity index (χ1n) is 9.51. The van der Waals surface area contributed by atoms with Crippen molar-refractivity contribution in [2.45, 2.75) is 39.3 Å². The molecule has 0 aromatic heterocycles. The van der Waals surface area contributed by atoms with Crippen molar-refractivity contribution in [1.82, 2.24) is 10.2 Å². The normalized spacial score (nSPS) is 11.9. The molecule has 0 spiro atoms. The van der Waals surface area contributed by atoms with Gasteiger partial charge in [-0.2, -0.15) is 0 Å². The zero-order valence-electron chi connectivity index (χ0n) is 17.3. The van der Waals surface area contributed by atoms with Gasteiger partial charge in [0.25, 0.3) is 5.91 Å². The topological polar surface area (TPSA) is 58.6 Å². The lowest BCUT2D eigenvalue weighted by Gasteiger charge is -2.29. The van der Waals surface area contributed by atoms with Crippen molar-refractivity contribution in [2.24, 2.45) is 0 Å². The molecule has 1 unspecified atom stereocenters. The fraction of sp³-hybridized carbons (Fsp3) is 0.364. The number of rotatable bonds is 8. The van der Waals surface area contributed by atoms with Crippen molar-refractivity contribution in [3.05, 3.63) is 62.0 Å². The van der Waals surface area contributed by atoms with Crippen molar-refractivity contribution in [3.63, 3.8) is 0 Å². The highest BCUT2D eigenvalue weighted by Crippen LogP contribution is 2.30. The maximum atomic E-state index is 13.0. The summed E-state index contributed by atoms with van der Waals surface area (Å²) in [4.78, 5) is 26.6. The number of nitrogens with one attached hydrogen (secondary N) is 1. The molecule has 0 radical (unpaired) electrons. The van der Waals surface area contributed by atoms with Crippen molar-refractivity contribution < 1.29 is 14.3 Å². The van der Waals surface area contributed by atoms with E-state index < -0.39 is 6.04 Å². The molecule has 5 nitrogen and oxygen atoms in total. The highest BCUT2D eigenvalue weighted by molar-refractivity contribution is 9.10. The number of carbonyl (C=O) groups excluding carboxylic acids is 2. The maximum absolute atomic E-state index is 13.0. The van der Waals surface area contributed by atoms with Crippen LogP contribution in [0.5, 0.6) is 5.75 Å². The molecule has 0 aliphatic heterocycles. The third kappa shape index (κ3) is 6.13. The molecular weight excluding hydrogens is 491 g/mol. The highest BCUT2D eigenvalue weighted by Gasteiger charge is 2.27. The molecule has 162 valence electrons. The second-order valence-corrected chi connectivity index (χ2v) is 8.81. The second-order valence-electron chi connectivity index (χ2n) is 7.15. The van der Waals surface area contributed by atoms with E-state index in [0.29, 0.717) is 27.3 Å². The first kappa shape index (κ1) is 24.5. The van der Waals surface area contributed by atoms with Gasteiger partial charge in [-0.1, -0.05) is 49.2 Å². The Balaban J connectivity index is 2.21. The summed E-state index contributed by atoms with van der Waals surface area (Å²) in [6.45, 7) is 5.70. The Morgan fingerprint density at radius 2 is 1.77 bits per heavy atom. The SMILES string of the molecule is CNC(=O)C(C)N(Cc1c(Cl)cccc1Cl)C(=O)COc1ccc(C(C)C)cc1Br. The van der Waals surface area contributed by atoms with Gasteiger partial charge in [0, 0.05) is 29.2 Å². The Bertz CT molecular complexity index is 901. The fourth-order valence-corrected chi connectivity index (χ4v) is 3.89. The number of carbonyl (C=O) groups is 2. The van der Waals surface area contributed by atoms with Gasteiger partial charge in [-0.3, -0.25) is 9.59 Å². The van der Waals surface area contributed by atoms with Gasteiger partial charge in [-0.25, -0.2) is 0 Å². The second kappa shape index (κ2) is 11.0. The summed E-state index contributed by atoms with van der Waals surface area (Å²) in [5.74, 6) is 0.272. The number of amides is 2. The summed E-state index contributed by atoms with van der Waals surface area (Å²) in [6, 6.07) is 10.1. The van der Waals surface area contributed by atoms with Gasteiger partial charge in [0.2, 0.25) is 5.91 Å². The van der Waals surface area contributed by atoms with Crippen molar-refractivity contribution in [3.8, 4) is 5.75 Å². The Kier molecular flexibility index (Phi) is 9.01. The molecule has 0 fully saturated rings. The van der Waals surface area contributed by atoms with E-state index in [4.69, 9.17) is 27.9 Å². The predicted octanol–water partition coefficient (Wildman–Crippen LogP) is 5.42. The molecule has 30 heavy (non-hydrogen) atoms. The maximum Gasteiger partial charge on any atom is 0.261 e. The van der Waals surface area contributed by atoms with Gasteiger partial charge in [-0.05, 0) is 58.6 Å². The zero-order valence-corrected chi connectivity index (χ0v) is 20.4. The van der Waals surface area contributed by atoms with Crippen LogP contribution in [0.3, 0.4) is 0 Å². The summed E-state index contributed by atoms with van der Waals surface area (Å²) in [5, 5.41) is 3.42. The van der Waals surface area contributed by atoms with Crippen molar-refractivity contribution in [1.29, 1.82) is 0 Å². The number of likely N-dealkylation sites (N-methyl/N-ethyl adjacent to an activating group) is 1. The van der Waals surface area contributed by atoms with Crippen molar-refractivity contribution >= 4 is 50.9 Å². The summed E-state index contributed by atoms with van der Waals surface area (Å²) >= 11 is 16.0. The van der Waals surface area contributed by atoms with E-state index in [2.05, 4.69) is 35.1 Å². The first-order chi connectivity index (χ1) is 14.1. The predicted molar refractivity (Wildman–Crippen MR) is 124 cm³/mol. The van der Waals surface area contributed by atoms with E-state index in [0.717, 1.165) is 10.0 Å². The Labute approximate surface area is 195 Å². The number of nitrogens with zero attached hydrogens (tertiary/aromatic N) is 1. The molecule has 2 aromatic rings. The average molecular weight is 516 g/mol. The molecule has 0 bridgehead atoms. The number of benzene rings is 2. The first-order valence-corrected chi connectivity index (χ1v) is 11.1. The molecule has 0 saturated carbocycles. The largest absolute Gasteiger partial charge is 0.483 e. The summed E-state index contributed by atoms with van der Waals surface area (Å²) < 4.78 is 6.51. The zero-order chi connectivity index (χ0) is 22.4. The van der Waals surface area contributed by atoms with Crippen LogP contribution >= 0.6 is 39.1 Å². The van der Waals surface area contributed by atoms with Crippen LogP contribution in [0.15, 0.2) is 40.9 Å². The van der Waals surface area contributed by atoms with Crippen molar-refractivity contribution in [2.75, 3.05) is 13.7 Å². The number of ether oxygens (including phenoxy) is 1. The summed E-state index contributed by atoms with van der Waals surface area (Å²) in [6.07, 6.45) is 0. The third-order valence-electron chi connectivity index (χ3n) is 4.78. The van der Waals surface area contributed by atoms with E-state index in [1.807, 2.05) is 18.2 Å². The van der Waals surface area contributed by atoms with Gasteiger partial charge in [0.1, 0.15) is 11.8 Å². The molecule has 0 heterocycles. The van der Waals surface area contributed by atoms with Gasteiger partial charge in [0.15, 0.2) is 6.61 Å². The lowest BCUT2D eigenvalue weighted by atomic mass is 10.0. The van der Waals surface area contributed by atoms with E-state index in [1.165, 1.54) is 11.9 Å². The standard InChI is InChI=1S/C22H25BrCl2N2O3/c1-13(2)15-8-9-20(17(23)10-15)30-12-21(28)27(14(3)22(29)26-4)11-16-18(24)6-5-7-19(16)25/h5-10,13-14H,11-12H2,1-4H3,(H,26,29). The van der Waals surface area contributed by atoms with E-state index in [1.54, 1.807) is 25.1 Å². The van der Waals surface area contributed by atoms with Crippen LogP contribution in [0.1, 0.15) is 37.8 Å². The minimum Gasteiger partial charge on any atom is -0.483 e. The Morgan fingerprint density at radius 3 is 2.30 bits per heavy atom. The highest BCUT2D eigenvalue weighted by atomic mass is 79.9. The average Bonchev–Trinajstić information content (AvgIpc) is 2.71. The molecule has 1 N–H and O–H groups in total. The molecule has 1 atom stereocenters. The molecular formula is C22H25BrCl2N2O3. The van der Waals surface area contributed by atoms with E-state index in [-0.39, 0.29) is 25.0 Å². The Morgan fingerprint density at radius 1 is 1.13 bits per heavy atom. The van der Waals surface area contributed by atoms with Crippen LogP contribution in [0.4, 0.5) is 0 Å². The minimum absolute atomic E-state index is 0.0861. The monoisotopic (exact) mass is 514 g/mol. The minimum atomic E-state index is -0.731. The van der Waals surface area contributed by atoms with Gasteiger partial charge >= 0.3 is 0 Å². The van der Waals surface area contributed by atoms with E-state index >= 15 is 0 Å². The molecule has 0 aliphatic carbocycles. The molecule has 0 aliphatic rings. The van der Waals surface area contributed by atoms with Crippen LogP contribution < -0.4 is 10.1 Å². The fourth-order valence-electron chi connectivity index (χ4n) is 2.86.